The lowest BCUT2D eigenvalue weighted by atomic mass is 10.1. The van der Waals surface area contributed by atoms with Crippen molar-refractivity contribution >= 4 is 29.5 Å². The zero-order valence-electron chi connectivity index (χ0n) is 15.2. The van der Waals surface area contributed by atoms with Gasteiger partial charge in [0, 0.05) is 24.4 Å². The van der Waals surface area contributed by atoms with Crippen molar-refractivity contribution in [2.45, 2.75) is 6.92 Å². The van der Waals surface area contributed by atoms with Gasteiger partial charge in [-0.25, -0.2) is 4.68 Å². The van der Waals surface area contributed by atoms with Gasteiger partial charge >= 0.3 is 0 Å². The van der Waals surface area contributed by atoms with Crippen molar-refractivity contribution in [2.75, 3.05) is 18.7 Å². The zero-order chi connectivity index (χ0) is 19.8. The van der Waals surface area contributed by atoms with Crippen LogP contribution in [0.4, 0.5) is 5.69 Å². The molecular formula is C20H16ClN3O4. The number of benzene rings is 2. The Labute approximate surface area is 166 Å². The Morgan fingerprint density at radius 3 is 2.79 bits per heavy atom. The van der Waals surface area contributed by atoms with Crippen LogP contribution >= 0.6 is 11.6 Å². The molecule has 0 radical (unpaired) electrons. The molecule has 142 valence electrons. The highest BCUT2D eigenvalue weighted by Gasteiger charge is 2.20. The second-order valence-electron chi connectivity index (χ2n) is 6.27. The molecule has 2 aromatic carbocycles. The number of rotatable bonds is 4. The van der Waals surface area contributed by atoms with Crippen molar-refractivity contribution in [2.24, 2.45) is 0 Å². The molecule has 0 unspecified atom stereocenters. The molecule has 0 N–H and O–H groups in total. The Balaban J connectivity index is 1.67. The van der Waals surface area contributed by atoms with E-state index in [1.165, 1.54) is 9.58 Å². The molecular weight excluding hydrogens is 382 g/mol. The number of anilines is 1. The quantitative estimate of drug-likeness (QED) is 0.628. The van der Waals surface area contributed by atoms with Crippen LogP contribution in [0.2, 0.25) is 5.02 Å². The molecule has 0 aliphatic carbocycles. The fraction of sp³-hybridized carbons (Fsp3) is 0.150. The van der Waals surface area contributed by atoms with Crippen molar-refractivity contribution in [1.82, 2.24) is 9.78 Å². The maximum Gasteiger partial charge on any atom is 0.258 e. The second-order valence-corrected chi connectivity index (χ2v) is 6.64. The van der Waals surface area contributed by atoms with Gasteiger partial charge < -0.3 is 14.4 Å². The van der Waals surface area contributed by atoms with Gasteiger partial charge in [0.1, 0.15) is 5.69 Å². The monoisotopic (exact) mass is 397 g/mol. The molecule has 4 rings (SSSR count). The summed E-state index contributed by atoms with van der Waals surface area (Å²) >= 11 is 6.13. The number of carbonyl (C=O) groups excluding carboxylic acids is 2. The third-order valence-electron chi connectivity index (χ3n) is 4.52. The van der Waals surface area contributed by atoms with E-state index in [-0.39, 0.29) is 18.4 Å². The van der Waals surface area contributed by atoms with E-state index in [9.17, 15) is 9.59 Å². The Bertz CT molecular complexity index is 1090. The number of hydrogen-bond acceptors (Lipinski definition) is 5. The van der Waals surface area contributed by atoms with Crippen LogP contribution in [0, 0.1) is 6.92 Å². The fourth-order valence-corrected chi connectivity index (χ4v) is 3.16. The lowest BCUT2D eigenvalue weighted by molar-refractivity contribution is 0.0992. The van der Waals surface area contributed by atoms with Crippen molar-refractivity contribution in [1.29, 1.82) is 0 Å². The number of nitrogens with zero attached hydrogens (tertiary/aromatic N) is 3. The van der Waals surface area contributed by atoms with E-state index in [4.69, 9.17) is 21.1 Å². The summed E-state index contributed by atoms with van der Waals surface area (Å²) < 4.78 is 12.1. The summed E-state index contributed by atoms with van der Waals surface area (Å²) in [5.74, 6) is 1.03. The first-order valence-corrected chi connectivity index (χ1v) is 8.86. The Kier molecular flexibility index (Phi) is 4.52. The van der Waals surface area contributed by atoms with Gasteiger partial charge in [-0.05, 0) is 37.3 Å². The number of fused-ring (bicyclic) bond motifs is 1. The van der Waals surface area contributed by atoms with E-state index in [0.29, 0.717) is 45.4 Å². The summed E-state index contributed by atoms with van der Waals surface area (Å²) in [5.41, 5.74) is 2.47. The van der Waals surface area contributed by atoms with Gasteiger partial charge in [0.15, 0.2) is 17.8 Å². The summed E-state index contributed by atoms with van der Waals surface area (Å²) in [6.07, 6.45) is 0.648. The van der Waals surface area contributed by atoms with Crippen LogP contribution in [0.1, 0.15) is 26.5 Å². The lowest BCUT2D eigenvalue weighted by Gasteiger charge is -2.18. The minimum absolute atomic E-state index is 0.170. The lowest BCUT2D eigenvalue weighted by Crippen LogP contribution is -2.26. The summed E-state index contributed by atoms with van der Waals surface area (Å²) in [6, 6.07) is 12.2. The molecule has 7 nitrogen and oxygen atoms in total. The molecule has 0 saturated heterocycles. The van der Waals surface area contributed by atoms with E-state index < -0.39 is 0 Å². The third-order valence-corrected chi connectivity index (χ3v) is 4.99. The highest BCUT2D eigenvalue weighted by molar-refractivity contribution is 6.33. The topological polar surface area (TPSA) is 73.7 Å². The highest BCUT2D eigenvalue weighted by Crippen LogP contribution is 2.35. The van der Waals surface area contributed by atoms with Gasteiger partial charge in [-0.1, -0.05) is 17.7 Å². The predicted molar refractivity (Wildman–Crippen MR) is 104 cm³/mol. The second kappa shape index (κ2) is 7.01. The number of halogens is 1. The summed E-state index contributed by atoms with van der Waals surface area (Å²) in [4.78, 5) is 25.9. The number of carbonyl (C=O) groups is 2. The zero-order valence-corrected chi connectivity index (χ0v) is 15.9. The number of hydrogen-bond donors (Lipinski definition) is 0. The molecule has 2 heterocycles. The normalized spacial score (nSPS) is 12.1. The van der Waals surface area contributed by atoms with Crippen LogP contribution < -0.4 is 14.4 Å². The fourth-order valence-electron chi connectivity index (χ4n) is 3.00. The van der Waals surface area contributed by atoms with Crippen LogP contribution in [0.3, 0.4) is 0 Å². The molecule has 0 bridgehead atoms. The number of aryl methyl sites for hydroxylation is 1. The van der Waals surface area contributed by atoms with E-state index in [0.717, 1.165) is 0 Å². The minimum Gasteiger partial charge on any atom is -0.454 e. The van der Waals surface area contributed by atoms with Crippen molar-refractivity contribution in [3.05, 3.63) is 64.4 Å². The molecule has 1 amide bonds. The standard InChI is InChI=1S/C20H16ClN3O4/c1-12-19(21)16(10-25)24(22-12)15-5-3-4-13(8-15)20(26)23(2)14-6-7-17-18(9-14)28-11-27-17/h3-10H,11H2,1-2H3. The Morgan fingerprint density at radius 2 is 2.00 bits per heavy atom. The highest BCUT2D eigenvalue weighted by atomic mass is 35.5. The smallest absolute Gasteiger partial charge is 0.258 e. The Morgan fingerprint density at radius 1 is 1.21 bits per heavy atom. The number of ether oxygens (including phenoxy) is 2. The van der Waals surface area contributed by atoms with Crippen LogP contribution in [0.15, 0.2) is 42.5 Å². The first-order chi connectivity index (χ1) is 13.5. The predicted octanol–water partition coefficient (Wildman–Crippen LogP) is 3.65. The molecule has 1 aliphatic heterocycles. The van der Waals surface area contributed by atoms with Crippen LogP contribution in [0.25, 0.3) is 5.69 Å². The van der Waals surface area contributed by atoms with Crippen molar-refractivity contribution < 1.29 is 19.1 Å². The summed E-state index contributed by atoms with van der Waals surface area (Å²) in [6.45, 7) is 1.89. The van der Waals surface area contributed by atoms with Crippen molar-refractivity contribution in [3.63, 3.8) is 0 Å². The van der Waals surface area contributed by atoms with E-state index in [1.54, 1.807) is 56.4 Å². The molecule has 1 aliphatic rings. The molecule has 1 aromatic heterocycles. The molecule has 8 heteroatoms. The van der Waals surface area contributed by atoms with Crippen LogP contribution in [-0.4, -0.2) is 35.8 Å². The van der Waals surface area contributed by atoms with Gasteiger partial charge in [-0.2, -0.15) is 5.10 Å². The number of aromatic nitrogens is 2. The van der Waals surface area contributed by atoms with Crippen molar-refractivity contribution in [3.8, 4) is 17.2 Å². The van der Waals surface area contributed by atoms with Gasteiger partial charge in [0.25, 0.3) is 5.91 Å². The third kappa shape index (κ3) is 2.99. The Hall–Kier alpha value is -3.32. The number of amides is 1. The maximum atomic E-state index is 13.0. The average Bonchev–Trinajstić information content (AvgIpc) is 3.30. The SMILES string of the molecule is Cc1nn(-c2cccc(C(=O)N(C)c3ccc4c(c3)OCO4)c2)c(C=O)c1Cl. The molecule has 0 spiro atoms. The van der Waals surface area contributed by atoms with E-state index in [1.807, 2.05) is 0 Å². The molecule has 0 fully saturated rings. The first-order valence-electron chi connectivity index (χ1n) is 8.48. The van der Waals surface area contributed by atoms with Crippen LogP contribution in [0.5, 0.6) is 11.5 Å². The summed E-state index contributed by atoms with van der Waals surface area (Å²) in [5, 5.41) is 4.59. The van der Waals surface area contributed by atoms with Gasteiger partial charge in [-0.15, -0.1) is 0 Å². The molecule has 0 atom stereocenters. The first kappa shape index (κ1) is 18.1. The van der Waals surface area contributed by atoms with E-state index in [2.05, 4.69) is 5.10 Å². The van der Waals surface area contributed by atoms with Gasteiger partial charge in [0.05, 0.1) is 16.4 Å². The maximum absolute atomic E-state index is 13.0. The molecule has 0 saturated carbocycles. The van der Waals surface area contributed by atoms with Gasteiger partial charge in [-0.3, -0.25) is 9.59 Å². The van der Waals surface area contributed by atoms with Gasteiger partial charge in [0.2, 0.25) is 6.79 Å². The van der Waals surface area contributed by atoms with E-state index >= 15 is 0 Å². The summed E-state index contributed by atoms with van der Waals surface area (Å²) in [7, 11) is 1.68. The largest absolute Gasteiger partial charge is 0.454 e. The molecule has 3 aromatic rings. The molecule has 28 heavy (non-hydrogen) atoms. The van der Waals surface area contributed by atoms with Crippen LogP contribution in [-0.2, 0) is 0 Å². The average molecular weight is 398 g/mol. The number of aldehydes is 1. The minimum atomic E-state index is -0.219.